The zero-order valence-electron chi connectivity index (χ0n) is 14.6. The molecule has 26 heavy (non-hydrogen) atoms. The summed E-state index contributed by atoms with van der Waals surface area (Å²) in [4.78, 5) is 14.1. The Hall–Kier alpha value is -3.08. The number of hydrogen-bond acceptors (Lipinski definition) is 4. The van der Waals surface area contributed by atoms with Crippen LogP contribution in [0.2, 0.25) is 0 Å². The largest absolute Gasteiger partial charge is 0.369 e. The number of anilines is 1. The normalized spacial score (nSPS) is 19.2. The third-order valence-electron chi connectivity index (χ3n) is 5.03. The summed E-state index contributed by atoms with van der Waals surface area (Å²) in [6.07, 6.45) is 0.700. The summed E-state index contributed by atoms with van der Waals surface area (Å²) in [5.74, 6) is 0.282. The van der Waals surface area contributed by atoms with Gasteiger partial charge in [0.15, 0.2) is 5.76 Å². The maximum atomic E-state index is 11.9. The highest BCUT2D eigenvalue weighted by atomic mass is 16.5. The van der Waals surface area contributed by atoms with E-state index in [9.17, 15) is 4.79 Å². The number of aromatic nitrogens is 1. The molecule has 2 atom stereocenters. The maximum Gasteiger partial charge on any atom is 0.225 e. The number of hydrogen-bond donors (Lipinski definition) is 1. The fourth-order valence-electron chi connectivity index (χ4n) is 3.69. The van der Waals surface area contributed by atoms with Crippen molar-refractivity contribution in [3.63, 3.8) is 0 Å². The Kier molecular flexibility index (Phi) is 4.21. The van der Waals surface area contributed by atoms with Crippen molar-refractivity contribution in [1.82, 2.24) is 5.16 Å². The van der Waals surface area contributed by atoms with Crippen LogP contribution in [-0.2, 0) is 11.3 Å². The Labute approximate surface area is 152 Å². The number of benzene rings is 2. The van der Waals surface area contributed by atoms with Gasteiger partial charge < -0.3 is 15.2 Å². The van der Waals surface area contributed by atoms with E-state index in [0.717, 1.165) is 28.3 Å². The molecule has 1 aliphatic rings. The van der Waals surface area contributed by atoms with Gasteiger partial charge in [0, 0.05) is 23.4 Å². The van der Waals surface area contributed by atoms with Gasteiger partial charge in [-0.15, -0.1) is 0 Å². The van der Waals surface area contributed by atoms with E-state index in [0.29, 0.717) is 13.0 Å². The minimum absolute atomic E-state index is 0.174. The molecule has 3 aromatic rings. The summed E-state index contributed by atoms with van der Waals surface area (Å²) in [6, 6.07) is 20.1. The number of nitrogens with zero attached hydrogens (tertiary/aromatic N) is 2. The molecule has 2 heterocycles. The summed E-state index contributed by atoms with van der Waals surface area (Å²) < 4.78 is 5.58. The van der Waals surface area contributed by atoms with Gasteiger partial charge in [-0.25, -0.2) is 0 Å². The van der Waals surface area contributed by atoms with E-state index < -0.39 is 0 Å². The van der Waals surface area contributed by atoms with E-state index in [1.165, 1.54) is 0 Å². The fraction of sp³-hybridized carbons (Fsp3) is 0.238. The first-order chi connectivity index (χ1) is 12.6. The summed E-state index contributed by atoms with van der Waals surface area (Å²) in [5.41, 5.74) is 9.50. The van der Waals surface area contributed by atoms with Crippen molar-refractivity contribution in [3.05, 3.63) is 72.0 Å². The van der Waals surface area contributed by atoms with E-state index in [4.69, 9.17) is 10.3 Å². The standard InChI is InChI=1S/C21H21N3O2/c1-14-11-18(21(22)25)17-9-5-6-10-20(17)24(14)13-16-12-19(23-26-16)15-7-3-2-4-8-15/h2-10,12,14,18H,11,13H2,1H3,(H2,22,25). The maximum absolute atomic E-state index is 11.9. The highest BCUT2D eigenvalue weighted by Gasteiger charge is 2.33. The average Bonchev–Trinajstić information content (AvgIpc) is 3.13. The van der Waals surface area contributed by atoms with Gasteiger partial charge in [-0.05, 0) is 25.0 Å². The number of carbonyl (C=O) groups excluding carboxylic acids is 1. The molecule has 1 aliphatic heterocycles. The van der Waals surface area contributed by atoms with Crippen LogP contribution in [0.4, 0.5) is 5.69 Å². The van der Waals surface area contributed by atoms with Crippen LogP contribution >= 0.6 is 0 Å². The van der Waals surface area contributed by atoms with Crippen molar-refractivity contribution < 1.29 is 9.32 Å². The molecule has 1 aromatic heterocycles. The number of amides is 1. The van der Waals surface area contributed by atoms with E-state index in [2.05, 4.69) is 17.0 Å². The molecule has 0 radical (unpaired) electrons. The summed E-state index contributed by atoms with van der Waals surface area (Å²) in [5, 5.41) is 4.20. The molecule has 0 spiro atoms. The minimum Gasteiger partial charge on any atom is -0.369 e. The number of para-hydroxylation sites is 1. The molecular weight excluding hydrogens is 326 g/mol. The van der Waals surface area contributed by atoms with E-state index >= 15 is 0 Å². The van der Waals surface area contributed by atoms with E-state index in [-0.39, 0.29) is 17.9 Å². The quantitative estimate of drug-likeness (QED) is 0.781. The lowest BCUT2D eigenvalue weighted by atomic mass is 9.85. The van der Waals surface area contributed by atoms with E-state index in [1.807, 2.05) is 60.7 Å². The molecule has 2 aromatic carbocycles. The van der Waals surface area contributed by atoms with Gasteiger partial charge in [0.25, 0.3) is 0 Å². The van der Waals surface area contributed by atoms with Gasteiger partial charge in [-0.2, -0.15) is 0 Å². The predicted molar refractivity (Wildman–Crippen MR) is 101 cm³/mol. The molecule has 4 rings (SSSR count). The number of carbonyl (C=O) groups is 1. The van der Waals surface area contributed by atoms with Crippen LogP contribution in [-0.4, -0.2) is 17.1 Å². The van der Waals surface area contributed by atoms with Gasteiger partial charge in [-0.3, -0.25) is 4.79 Å². The molecule has 0 saturated heterocycles. The predicted octanol–water partition coefficient (Wildman–Crippen LogP) is 3.71. The second kappa shape index (κ2) is 6.67. The lowest BCUT2D eigenvalue weighted by molar-refractivity contribution is -0.119. The summed E-state index contributed by atoms with van der Waals surface area (Å²) >= 11 is 0. The molecule has 0 aliphatic carbocycles. The third-order valence-corrected chi connectivity index (χ3v) is 5.03. The highest BCUT2D eigenvalue weighted by Crippen LogP contribution is 2.39. The van der Waals surface area contributed by atoms with Crippen molar-refractivity contribution in [3.8, 4) is 11.3 Å². The van der Waals surface area contributed by atoms with Crippen molar-refractivity contribution in [1.29, 1.82) is 0 Å². The van der Waals surface area contributed by atoms with Crippen LogP contribution in [0.1, 0.15) is 30.6 Å². The fourth-order valence-corrected chi connectivity index (χ4v) is 3.69. The summed E-state index contributed by atoms with van der Waals surface area (Å²) in [7, 11) is 0. The molecule has 2 N–H and O–H groups in total. The number of primary amides is 1. The third kappa shape index (κ3) is 2.96. The molecule has 0 saturated carbocycles. The van der Waals surface area contributed by atoms with Gasteiger partial charge in [-0.1, -0.05) is 53.7 Å². The first-order valence-electron chi connectivity index (χ1n) is 8.79. The van der Waals surface area contributed by atoms with Gasteiger partial charge in [0.1, 0.15) is 5.69 Å². The van der Waals surface area contributed by atoms with Crippen molar-refractivity contribution in [2.45, 2.75) is 31.8 Å². The van der Waals surface area contributed by atoms with Crippen LogP contribution in [0.15, 0.2) is 65.2 Å². The average molecular weight is 347 g/mol. The van der Waals surface area contributed by atoms with Gasteiger partial charge in [0.05, 0.1) is 12.5 Å². The Morgan fingerprint density at radius 3 is 2.69 bits per heavy atom. The highest BCUT2D eigenvalue weighted by molar-refractivity contribution is 5.85. The first kappa shape index (κ1) is 16.4. The lowest BCUT2D eigenvalue weighted by Crippen LogP contribution is -2.41. The van der Waals surface area contributed by atoms with Crippen LogP contribution in [0.25, 0.3) is 11.3 Å². The zero-order valence-corrected chi connectivity index (χ0v) is 14.6. The molecule has 0 bridgehead atoms. The first-order valence-corrected chi connectivity index (χ1v) is 8.79. The van der Waals surface area contributed by atoms with E-state index in [1.54, 1.807) is 0 Å². The molecule has 5 heteroatoms. The van der Waals surface area contributed by atoms with Crippen LogP contribution in [0.3, 0.4) is 0 Å². The van der Waals surface area contributed by atoms with Crippen molar-refractivity contribution in [2.75, 3.05) is 4.90 Å². The number of fused-ring (bicyclic) bond motifs is 1. The molecule has 2 unspecified atom stereocenters. The van der Waals surface area contributed by atoms with Gasteiger partial charge in [0.2, 0.25) is 5.91 Å². The molecule has 5 nitrogen and oxygen atoms in total. The Morgan fingerprint density at radius 1 is 1.19 bits per heavy atom. The topological polar surface area (TPSA) is 72.4 Å². The van der Waals surface area contributed by atoms with Crippen LogP contribution in [0, 0.1) is 0 Å². The summed E-state index contributed by atoms with van der Waals surface area (Å²) in [6.45, 7) is 2.71. The van der Waals surface area contributed by atoms with Gasteiger partial charge >= 0.3 is 0 Å². The molecule has 0 fully saturated rings. The molecule has 132 valence electrons. The second-order valence-electron chi connectivity index (χ2n) is 6.77. The minimum atomic E-state index is -0.269. The lowest BCUT2D eigenvalue weighted by Gasteiger charge is -2.39. The molecule has 1 amide bonds. The zero-order chi connectivity index (χ0) is 18.1. The SMILES string of the molecule is CC1CC(C(N)=O)c2ccccc2N1Cc1cc(-c2ccccc2)no1. The second-order valence-corrected chi connectivity index (χ2v) is 6.77. The van der Waals surface area contributed by atoms with Crippen LogP contribution in [0.5, 0.6) is 0 Å². The monoisotopic (exact) mass is 347 g/mol. The van der Waals surface area contributed by atoms with Crippen LogP contribution < -0.4 is 10.6 Å². The number of rotatable bonds is 4. The smallest absolute Gasteiger partial charge is 0.225 e. The Morgan fingerprint density at radius 2 is 1.92 bits per heavy atom. The molecular formula is C21H21N3O2. The van der Waals surface area contributed by atoms with Crippen molar-refractivity contribution in [2.24, 2.45) is 5.73 Å². The Bertz CT molecular complexity index is 920. The van der Waals surface area contributed by atoms with Crippen molar-refractivity contribution >= 4 is 11.6 Å². The number of nitrogens with two attached hydrogens (primary N) is 1. The Balaban J connectivity index is 1.63.